The van der Waals surface area contributed by atoms with Crippen molar-refractivity contribution in [1.29, 1.82) is 0 Å². The predicted octanol–water partition coefficient (Wildman–Crippen LogP) is 3.92. The highest BCUT2D eigenvalue weighted by Gasteiger charge is 2.18. The van der Waals surface area contributed by atoms with Crippen molar-refractivity contribution >= 4 is 33.2 Å². The molecule has 0 saturated carbocycles. The topological polar surface area (TPSA) is 49.6 Å². The Morgan fingerprint density at radius 2 is 2.18 bits per heavy atom. The van der Waals surface area contributed by atoms with Crippen molar-refractivity contribution in [3.05, 3.63) is 58.3 Å². The Labute approximate surface area is 138 Å². The van der Waals surface area contributed by atoms with Gasteiger partial charge in [0.15, 0.2) is 0 Å². The summed E-state index contributed by atoms with van der Waals surface area (Å²) in [7, 11) is 0. The average Bonchev–Trinajstić information content (AvgIpc) is 2.73. The molecule has 1 aromatic carbocycles. The molecule has 0 spiro atoms. The second-order valence-electron chi connectivity index (χ2n) is 5.02. The van der Waals surface area contributed by atoms with E-state index in [1.807, 2.05) is 30.3 Å². The zero-order valence-corrected chi connectivity index (χ0v) is 14.0. The highest BCUT2D eigenvalue weighted by Crippen LogP contribution is 2.25. The molecule has 112 valence electrons. The van der Waals surface area contributed by atoms with Crippen molar-refractivity contribution in [1.82, 2.24) is 4.98 Å². The number of benzene rings is 1. The van der Waals surface area contributed by atoms with Crippen LogP contribution in [-0.2, 0) is 0 Å². The van der Waals surface area contributed by atoms with Crippen molar-refractivity contribution < 1.29 is 0 Å². The van der Waals surface area contributed by atoms with E-state index in [9.17, 15) is 0 Å². The van der Waals surface area contributed by atoms with Crippen molar-refractivity contribution in [2.75, 3.05) is 18.4 Å². The first kappa shape index (κ1) is 14.9. The number of fused-ring (bicyclic) bond motifs is 1. The predicted molar refractivity (Wildman–Crippen MR) is 95.1 cm³/mol. The van der Waals surface area contributed by atoms with Crippen LogP contribution in [0.1, 0.15) is 24.6 Å². The first-order valence-corrected chi connectivity index (χ1v) is 8.13. The fourth-order valence-electron chi connectivity index (χ4n) is 2.31. The van der Waals surface area contributed by atoms with Crippen LogP contribution in [0.25, 0.3) is 0 Å². The van der Waals surface area contributed by atoms with Gasteiger partial charge in [-0.3, -0.25) is 15.0 Å². The minimum Gasteiger partial charge on any atom is -0.342 e. The lowest BCUT2D eigenvalue weighted by Crippen LogP contribution is -2.15. The number of hydrogen-bond donors (Lipinski definition) is 1. The second-order valence-corrected chi connectivity index (χ2v) is 5.94. The van der Waals surface area contributed by atoms with Crippen LogP contribution in [0, 0.1) is 0 Å². The van der Waals surface area contributed by atoms with E-state index in [1.165, 1.54) is 0 Å². The molecule has 0 aliphatic carbocycles. The van der Waals surface area contributed by atoms with Crippen LogP contribution in [0.3, 0.4) is 0 Å². The normalized spacial score (nSPS) is 15.7. The van der Waals surface area contributed by atoms with E-state index in [4.69, 9.17) is 4.99 Å². The number of aromatic nitrogens is 1. The summed E-state index contributed by atoms with van der Waals surface area (Å²) in [5.74, 6) is 0.899. The Balaban J connectivity index is 2.09. The molecule has 4 nitrogen and oxygen atoms in total. The summed E-state index contributed by atoms with van der Waals surface area (Å²) in [5.41, 5.74) is 3.82. The Hall–Kier alpha value is -2.01. The molecule has 1 N–H and O–H groups in total. The third-order valence-corrected chi connectivity index (χ3v) is 3.83. The molecular formula is C17H17BrN4. The molecule has 22 heavy (non-hydrogen) atoms. The second kappa shape index (κ2) is 6.83. The molecule has 2 aromatic rings. The van der Waals surface area contributed by atoms with Crippen LogP contribution < -0.4 is 5.32 Å². The van der Waals surface area contributed by atoms with E-state index in [0.29, 0.717) is 6.54 Å². The number of pyridine rings is 1. The van der Waals surface area contributed by atoms with Crippen LogP contribution in [0.2, 0.25) is 0 Å². The number of aliphatic imine (C=N–C) groups is 2. The maximum Gasteiger partial charge on any atom is 0.123 e. The molecule has 3 rings (SSSR count). The molecule has 0 atom stereocenters. The lowest BCUT2D eigenvalue weighted by atomic mass is 10.0. The summed E-state index contributed by atoms with van der Waals surface area (Å²) in [6, 6.07) is 12.0. The van der Waals surface area contributed by atoms with E-state index in [-0.39, 0.29) is 0 Å². The van der Waals surface area contributed by atoms with Gasteiger partial charge in [-0.2, -0.15) is 0 Å². The van der Waals surface area contributed by atoms with Crippen LogP contribution in [-0.4, -0.2) is 29.6 Å². The smallest absolute Gasteiger partial charge is 0.123 e. The van der Waals surface area contributed by atoms with Gasteiger partial charge in [-0.05, 0) is 36.8 Å². The SMILES string of the molecule is CCCN=C1CN=C(c2ccccn2)c2cc(Br)ccc2N1. The van der Waals surface area contributed by atoms with E-state index in [0.717, 1.165) is 45.9 Å². The molecule has 2 heterocycles. The Bertz CT molecular complexity index is 723. The maximum absolute atomic E-state index is 4.75. The average molecular weight is 357 g/mol. The van der Waals surface area contributed by atoms with E-state index in [2.05, 4.69) is 44.2 Å². The molecule has 0 saturated heterocycles. The van der Waals surface area contributed by atoms with Crippen LogP contribution >= 0.6 is 15.9 Å². The van der Waals surface area contributed by atoms with Gasteiger partial charge in [0.2, 0.25) is 0 Å². The molecule has 0 unspecified atom stereocenters. The molecule has 0 bridgehead atoms. The van der Waals surface area contributed by atoms with Gasteiger partial charge < -0.3 is 5.32 Å². The van der Waals surface area contributed by atoms with Crippen molar-refractivity contribution in [3.63, 3.8) is 0 Å². The molecule has 1 aromatic heterocycles. The molecule has 0 radical (unpaired) electrons. The largest absolute Gasteiger partial charge is 0.342 e. The monoisotopic (exact) mass is 356 g/mol. The first-order chi connectivity index (χ1) is 10.8. The Morgan fingerprint density at radius 1 is 1.27 bits per heavy atom. The summed E-state index contributed by atoms with van der Waals surface area (Å²) >= 11 is 3.54. The third-order valence-electron chi connectivity index (χ3n) is 3.34. The fourth-order valence-corrected chi connectivity index (χ4v) is 2.67. The third kappa shape index (κ3) is 3.25. The van der Waals surface area contributed by atoms with Gasteiger partial charge in [0.1, 0.15) is 5.84 Å². The number of halogens is 1. The van der Waals surface area contributed by atoms with Gasteiger partial charge in [-0.25, -0.2) is 0 Å². The number of nitrogens with zero attached hydrogens (tertiary/aromatic N) is 3. The van der Waals surface area contributed by atoms with Crippen molar-refractivity contribution in [2.24, 2.45) is 9.98 Å². The molecular weight excluding hydrogens is 340 g/mol. The van der Waals surface area contributed by atoms with Gasteiger partial charge in [0.25, 0.3) is 0 Å². The van der Waals surface area contributed by atoms with Gasteiger partial charge in [-0.1, -0.05) is 28.9 Å². The molecule has 0 fully saturated rings. The minimum absolute atomic E-state index is 0.540. The lowest BCUT2D eigenvalue weighted by Gasteiger charge is -2.11. The maximum atomic E-state index is 4.75. The van der Waals surface area contributed by atoms with Crippen molar-refractivity contribution in [2.45, 2.75) is 13.3 Å². The molecule has 5 heteroatoms. The number of nitrogens with one attached hydrogen (secondary N) is 1. The lowest BCUT2D eigenvalue weighted by molar-refractivity contribution is 0.927. The van der Waals surface area contributed by atoms with Gasteiger partial charge in [0, 0.05) is 28.5 Å². The zero-order chi connectivity index (χ0) is 15.4. The van der Waals surface area contributed by atoms with Crippen LogP contribution in [0.15, 0.2) is 57.1 Å². The Morgan fingerprint density at radius 3 is 2.95 bits per heavy atom. The van der Waals surface area contributed by atoms with E-state index >= 15 is 0 Å². The van der Waals surface area contributed by atoms with Crippen LogP contribution in [0.4, 0.5) is 5.69 Å². The van der Waals surface area contributed by atoms with Gasteiger partial charge in [-0.15, -0.1) is 0 Å². The molecule has 0 amide bonds. The number of benzodiazepines with no additional fused rings is 1. The highest BCUT2D eigenvalue weighted by molar-refractivity contribution is 9.10. The summed E-state index contributed by atoms with van der Waals surface area (Å²) in [4.78, 5) is 13.8. The summed E-state index contributed by atoms with van der Waals surface area (Å²) in [6.45, 7) is 3.47. The standard InChI is InChI=1S/C17H17BrN4/c1-2-8-20-16-11-21-17(15-5-3-4-9-19-15)13-10-12(18)6-7-14(13)22-16/h3-7,9-10H,2,8,11H2,1H3,(H,20,22). The Kier molecular flexibility index (Phi) is 4.63. The highest BCUT2D eigenvalue weighted by atomic mass is 79.9. The molecule has 1 aliphatic heterocycles. The number of anilines is 1. The van der Waals surface area contributed by atoms with Crippen molar-refractivity contribution in [3.8, 4) is 0 Å². The number of amidine groups is 1. The number of hydrogen-bond acceptors (Lipinski definition) is 3. The first-order valence-electron chi connectivity index (χ1n) is 7.34. The zero-order valence-electron chi connectivity index (χ0n) is 12.4. The minimum atomic E-state index is 0.540. The quantitative estimate of drug-likeness (QED) is 0.905. The van der Waals surface area contributed by atoms with E-state index in [1.54, 1.807) is 6.20 Å². The van der Waals surface area contributed by atoms with Gasteiger partial charge >= 0.3 is 0 Å². The summed E-state index contributed by atoms with van der Waals surface area (Å²) < 4.78 is 1.02. The fraction of sp³-hybridized carbons (Fsp3) is 0.235. The molecule has 1 aliphatic rings. The summed E-state index contributed by atoms with van der Waals surface area (Å²) in [5, 5.41) is 3.41. The van der Waals surface area contributed by atoms with Gasteiger partial charge in [0.05, 0.1) is 18.0 Å². The van der Waals surface area contributed by atoms with E-state index < -0.39 is 0 Å². The summed E-state index contributed by atoms with van der Waals surface area (Å²) in [6.07, 6.45) is 2.81. The van der Waals surface area contributed by atoms with Crippen LogP contribution in [0.5, 0.6) is 0 Å². The number of rotatable bonds is 3.